The van der Waals surface area contributed by atoms with Crippen LogP contribution < -0.4 is 15.5 Å². The first-order valence-electron chi connectivity index (χ1n) is 14.5. The highest BCUT2D eigenvalue weighted by Crippen LogP contribution is 2.29. The van der Waals surface area contributed by atoms with Gasteiger partial charge in [0.15, 0.2) is 0 Å². The molecule has 6 nitrogen and oxygen atoms in total. The Hall–Kier alpha value is -3.69. The number of alkyl halides is 3. The summed E-state index contributed by atoms with van der Waals surface area (Å²) in [6.45, 7) is 2.84. The maximum atomic E-state index is 13.6. The molecular formula is C33H38F3N3O3. The molecule has 2 amide bonds. The SMILES string of the molecule is CCCc1cc(C(=O)N[C@@H](Cc2ccccc2)[C@@H](O)CNCc2cccc(C(F)(F)F)c2)cc(N2CCCCC2=O)c1. The number of rotatable bonds is 12. The Morgan fingerprint density at radius 2 is 1.74 bits per heavy atom. The average molecular weight is 582 g/mol. The molecule has 0 radical (unpaired) electrons. The minimum Gasteiger partial charge on any atom is -0.390 e. The molecule has 0 bridgehead atoms. The van der Waals surface area contributed by atoms with Gasteiger partial charge in [0.25, 0.3) is 5.91 Å². The van der Waals surface area contributed by atoms with Crippen molar-refractivity contribution >= 4 is 17.5 Å². The number of carbonyl (C=O) groups is 2. The molecule has 3 aromatic rings. The number of aliphatic hydroxyl groups excluding tert-OH is 1. The predicted molar refractivity (Wildman–Crippen MR) is 157 cm³/mol. The molecule has 1 saturated heterocycles. The number of hydrogen-bond donors (Lipinski definition) is 3. The van der Waals surface area contributed by atoms with Crippen LogP contribution >= 0.6 is 0 Å². The molecule has 1 heterocycles. The summed E-state index contributed by atoms with van der Waals surface area (Å²) >= 11 is 0. The largest absolute Gasteiger partial charge is 0.416 e. The Labute approximate surface area is 244 Å². The number of nitrogens with one attached hydrogen (secondary N) is 2. The van der Waals surface area contributed by atoms with Gasteiger partial charge in [-0.05, 0) is 66.6 Å². The molecule has 0 aromatic heterocycles. The van der Waals surface area contributed by atoms with Crippen LogP contribution in [0.1, 0.15) is 65.2 Å². The molecule has 42 heavy (non-hydrogen) atoms. The van der Waals surface area contributed by atoms with Gasteiger partial charge in [0, 0.05) is 37.3 Å². The topological polar surface area (TPSA) is 81.7 Å². The van der Waals surface area contributed by atoms with Crippen molar-refractivity contribution < 1.29 is 27.9 Å². The van der Waals surface area contributed by atoms with Crippen molar-refractivity contribution in [2.75, 3.05) is 18.0 Å². The van der Waals surface area contributed by atoms with Gasteiger partial charge in [-0.25, -0.2) is 0 Å². The lowest BCUT2D eigenvalue weighted by Crippen LogP contribution is -2.48. The van der Waals surface area contributed by atoms with E-state index in [4.69, 9.17) is 0 Å². The lowest BCUT2D eigenvalue weighted by Gasteiger charge is -2.28. The van der Waals surface area contributed by atoms with Gasteiger partial charge in [0.2, 0.25) is 5.91 Å². The second kappa shape index (κ2) is 14.5. The first kappa shape index (κ1) is 31.3. The fourth-order valence-corrected chi connectivity index (χ4v) is 5.24. The van der Waals surface area contributed by atoms with Crippen LogP contribution in [0.2, 0.25) is 0 Å². The molecule has 1 aliphatic heterocycles. The van der Waals surface area contributed by atoms with Crippen LogP contribution in [0, 0.1) is 0 Å². The zero-order valence-corrected chi connectivity index (χ0v) is 23.8. The van der Waals surface area contributed by atoms with E-state index in [0.717, 1.165) is 48.9 Å². The maximum absolute atomic E-state index is 13.6. The van der Waals surface area contributed by atoms with E-state index >= 15 is 0 Å². The van der Waals surface area contributed by atoms with E-state index in [1.54, 1.807) is 17.0 Å². The Kier molecular flexibility index (Phi) is 10.8. The van der Waals surface area contributed by atoms with Crippen LogP contribution in [0.25, 0.3) is 0 Å². The van der Waals surface area contributed by atoms with E-state index in [0.29, 0.717) is 36.2 Å². The van der Waals surface area contributed by atoms with E-state index in [1.807, 2.05) is 42.5 Å². The first-order chi connectivity index (χ1) is 20.1. The number of piperidine rings is 1. The second-order valence-corrected chi connectivity index (χ2v) is 10.8. The monoisotopic (exact) mass is 581 g/mol. The number of benzene rings is 3. The number of hydrogen-bond acceptors (Lipinski definition) is 4. The standard InChI is InChI=1S/C33H38F3N3O3/c1-2-9-24-16-26(20-28(18-24)39-15-7-6-14-31(39)41)32(42)38-29(19-23-10-4-3-5-11-23)30(40)22-37-21-25-12-8-13-27(17-25)33(34,35)36/h3-5,8,10-13,16-18,20,29-30,37,40H,2,6-7,9,14-15,19,21-22H2,1H3,(H,38,42)/t29-,30-/m0/s1. The van der Waals surface area contributed by atoms with Crippen molar-refractivity contribution in [3.8, 4) is 0 Å². The Morgan fingerprint density at radius 3 is 2.45 bits per heavy atom. The van der Waals surface area contributed by atoms with Gasteiger partial charge in [-0.2, -0.15) is 13.2 Å². The normalized spacial score (nSPS) is 15.4. The van der Waals surface area contributed by atoms with Gasteiger partial charge in [0.1, 0.15) is 0 Å². The van der Waals surface area contributed by atoms with Gasteiger partial charge in [-0.15, -0.1) is 0 Å². The zero-order valence-electron chi connectivity index (χ0n) is 23.8. The maximum Gasteiger partial charge on any atom is 0.416 e. The molecule has 0 aliphatic carbocycles. The third kappa shape index (κ3) is 8.66. The zero-order chi connectivity index (χ0) is 30.1. The fraction of sp³-hybridized carbons (Fsp3) is 0.394. The number of nitrogens with zero attached hydrogens (tertiary/aromatic N) is 1. The van der Waals surface area contributed by atoms with Crippen LogP contribution in [0.3, 0.4) is 0 Å². The summed E-state index contributed by atoms with van der Waals surface area (Å²) in [4.78, 5) is 28.0. The predicted octanol–water partition coefficient (Wildman–Crippen LogP) is 5.67. The van der Waals surface area contributed by atoms with Crippen molar-refractivity contribution in [2.45, 2.75) is 70.3 Å². The summed E-state index contributed by atoms with van der Waals surface area (Å²) in [5, 5.41) is 17.2. The van der Waals surface area contributed by atoms with Crippen molar-refractivity contribution in [2.24, 2.45) is 0 Å². The summed E-state index contributed by atoms with van der Waals surface area (Å²) in [6.07, 6.45) is -1.22. The lowest BCUT2D eigenvalue weighted by atomic mass is 9.99. The number of amides is 2. The molecule has 1 fully saturated rings. The van der Waals surface area contributed by atoms with Crippen LogP contribution in [-0.2, 0) is 30.4 Å². The molecular weight excluding hydrogens is 543 g/mol. The molecule has 3 aromatic carbocycles. The highest BCUT2D eigenvalue weighted by molar-refractivity contribution is 5.99. The highest BCUT2D eigenvalue weighted by Gasteiger charge is 2.30. The summed E-state index contributed by atoms with van der Waals surface area (Å²) < 4.78 is 39.3. The number of carbonyl (C=O) groups excluding carboxylic acids is 2. The second-order valence-electron chi connectivity index (χ2n) is 10.8. The lowest BCUT2D eigenvalue weighted by molar-refractivity contribution is -0.137. The quantitative estimate of drug-likeness (QED) is 0.258. The van der Waals surface area contributed by atoms with Gasteiger partial charge in [-0.3, -0.25) is 9.59 Å². The van der Waals surface area contributed by atoms with Crippen LogP contribution in [0.5, 0.6) is 0 Å². The van der Waals surface area contributed by atoms with Crippen molar-refractivity contribution in [1.82, 2.24) is 10.6 Å². The molecule has 9 heteroatoms. The van der Waals surface area contributed by atoms with Crippen molar-refractivity contribution in [3.63, 3.8) is 0 Å². The molecule has 4 rings (SSSR count). The number of anilines is 1. The number of aliphatic hydroxyl groups is 1. The van der Waals surface area contributed by atoms with Crippen molar-refractivity contribution in [1.29, 1.82) is 0 Å². The van der Waals surface area contributed by atoms with Gasteiger partial charge >= 0.3 is 6.18 Å². The molecule has 0 spiro atoms. The van der Waals surface area contributed by atoms with E-state index in [1.165, 1.54) is 6.07 Å². The minimum atomic E-state index is -4.43. The molecule has 0 unspecified atom stereocenters. The Balaban J connectivity index is 1.50. The van der Waals surface area contributed by atoms with E-state index in [9.17, 15) is 27.9 Å². The smallest absolute Gasteiger partial charge is 0.390 e. The van der Waals surface area contributed by atoms with Gasteiger partial charge < -0.3 is 20.6 Å². The Bertz CT molecular complexity index is 1350. The first-order valence-corrected chi connectivity index (χ1v) is 14.5. The Morgan fingerprint density at radius 1 is 0.976 bits per heavy atom. The highest BCUT2D eigenvalue weighted by atomic mass is 19.4. The van der Waals surface area contributed by atoms with Crippen molar-refractivity contribution in [3.05, 3.63) is 101 Å². The van der Waals surface area contributed by atoms with Crippen LogP contribution in [0.15, 0.2) is 72.8 Å². The molecule has 3 N–H and O–H groups in total. The van der Waals surface area contributed by atoms with Crippen LogP contribution in [-0.4, -0.2) is 42.2 Å². The average Bonchev–Trinajstić information content (AvgIpc) is 2.97. The van der Waals surface area contributed by atoms with Gasteiger partial charge in [0.05, 0.1) is 17.7 Å². The third-order valence-electron chi connectivity index (χ3n) is 7.43. The fourth-order valence-electron chi connectivity index (χ4n) is 5.24. The molecule has 224 valence electrons. The number of halogens is 3. The van der Waals surface area contributed by atoms with E-state index < -0.39 is 23.9 Å². The van der Waals surface area contributed by atoms with Crippen LogP contribution in [0.4, 0.5) is 18.9 Å². The molecule has 1 aliphatic rings. The van der Waals surface area contributed by atoms with E-state index in [2.05, 4.69) is 17.6 Å². The summed E-state index contributed by atoms with van der Waals surface area (Å²) in [6, 6.07) is 19.3. The summed E-state index contributed by atoms with van der Waals surface area (Å²) in [5.41, 5.74) is 2.71. The van der Waals surface area contributed by atoms with Gasteiger partial charge in [-0.1, -0.05) is 61.9 Å². The summed E-state index contributed by atoms with van der Waals surface area (Å²) in [7, 11) is 0. The molecule has 0 saturated carbocycles. The number of aryl methyl sites for hydroxylation is 1. The molecule has 2 atom stereocenters. The summed E-state index contributed by atoms with van der Waals surface area (Å²) in [5.74, 6) is -0.318. The third-order valence-corrected chi connectivity index (χ3v) is 7.43. The minimum absolute atomic E-state index is 0.0467. The van der Waals surface area contributed by atoms with E-state index in [-0.39, 0.29) is 24.9 Å².